The Bertz CT molecular complexity index is 486. The van der Waals surface area contributed by atoms with E-state index in [1.807, 2.05) is 6.92 Å². The van der Waals surface area contributed by atoms with Crippen LogP contribution in [0.3, 0.4) is 0 Å². The van der Waals surface area contributed by atoms with Gasteiger partial charge in [0.1, 0.15) is 12.4 Å². The van der Waals surface area contributed by atoms with Gasteiger partial charge in [-0.25, -0.2) is 4.98 Å². The average molecular weight is 251 g/mol. The van der Waals surface area contributed by atoms with Crippen molar-refractivity contribution in [2.75, 3.05) is 25.6 Å². The predicted molar refractivity (Wildman–Crippen MR) is 67.5 cm³/mol. The monoisotopic (exact) mass is 251 g/mol. The van der Waals surface area contributed by atoms with E-state index in [2.05, 4.69) is 9.72 Å². The van der Waals surface area contributed by atoms with Crippen LogP contribution in [0, 0.1) is 13.8 Å². The van der Waals surface area contributed by atoms with Crippen molar-refractivity contribution in [3.05, 3.63) is 22.9 Å². The zero-order valence-corrected chi connectivity index (χ0v) is 11.0. The Hall–Kier alpha value is -2.11. The molecule has 0 radical (unpaired) electrons. The molecule has 1 amide bonds. The summed E-state index contributed by atoms with van der Waals surface area (Å²) in [5, 5.41) is 0. The summed E-state index contributed by atoms with van der Waals surface area (Å²) in [6.07, 6.45) is 0. The van der Waals surface area contributed by atoms with E-state index in [4.69, 9.17) is 5.73 Å². The second-order valence-corrected chi connectivity index (χ2v) is 4.08. The lowest BCUT2D eigenvalue weighted by Crippen LogP contribution is -2.30. The number of nitrogens with zero attached hydrogens (tertiary/aromatic N) is 2. The highest BCUT2D eigenvalue weighted by Crippen LogP contribution is 2.21. The Morgan fingerprint density at radius 1 is 1.44 bits per heavy atom. The fraction of sp³-hybridized carbons (Fsp3) is 0.417. The minimum absolute atomic E-state index is 0.00662. The lowest BCUT2D eigenvalue weighted by Gasteiger charge is -2.20. The van der Waals surface area contributed by atoms with E-state index in [1.54, 1.807) is 24.9 Å². The van der Waals surface area contributed by atoms with Gasteiger partial charge >= 0.3 is 5.97 Å². The molecular weight excluding hydrogens is 234 g/mol. The molecule has 1 heterocycles. The Labute approximate surface area is 106 Å². The molecule has 6 nitrogen and oxygen atoms in total. The SMILES string of the molecule is COC(=O)CN(C)c1nc(C)cc(C)c1C(N)=O. The smallest absolute Gasteiger partial charge is 0.325 e. The number of primary amides is 1. The van der Waals surface area contributed by atoms with E-state index in [0.29, 0.717) is 11.4 Å². The molecule has 0 bridgehead atoms. The van der Waals surface area contributed by atoms with Gasteiger partial charge in [0.25, 0.3) is 5.91 Å². The molecular formula is C12H17N3O3. The summed E-state index contributed by atoms with van der Waals surface area (Å²) in [6, 6.07) is 1.77. The number of methoxy groups -OCH3 is 1. The highest BCUT2D eigenvalue weighted by atomic mass is 16.5. The molecule has 0 saturated heterocycles. The number of carbonyl (C=O) groups is 2. The van der Waals surface area contributed by atoms with Crippen LogP contribution in [-0.4, -0.2) is 37.6 Å². The molecule has 0 aliphatic heterocycles. The Morgan fingerprint density at radius 2 is 2.06 bits per heavy atom. The number of amides is 1. The normalized spacial score (nSPS) is 10.0. The third-order valence-electron chi connectivity index (χ3n) is 2.53. The highest BCUT2D eigenvalue weighted by Gasteiger charge is 2.19. The maximum Gasteiger partial charge on any atom is 0.325 e. The number of aryl methyl sites for hydroxylation is 2. The molecule has 1 aromatic rings. The van der Waals surface area contributed by atoms with Crippen molar-refractivity contribution in [2.45, 2.75) is 13.8 Å². The first kappa shape index (κ1) is 14.0. The lowest BCUT2D eigenvalue weighted by molar-refractivity contribution is -0.138. The number of nitrogens with two attached hydrogens (primary N) is 1. The van der Waals surface area contributed by atoms with Crippen LogP contribution in [0.25, 0.3) is 0 Å². The van der Waals surface area contributed by atoms with Gasteiger partial charge in [0.2, 0.25) is 0 Å². The van der Waals surface area contributed by atoms with Gasteiger partial charge in [-0.2, -0.15) is 0 Å². The van der Waals surface area contributed by atoms with Crippen LogP contribution in [0.15, 0.2) is 6.07 Å². The van der Waals surface area contributed by atoms with Crippen LogP contribution < -0.4 is 10.6 Å². The number of pyridine rings is 1. The third kappa shape index (κ3) is 2.97. The number of likely N-dealkylation sites (N-methyl/N-ethyl adjacent to an activating group) is 1. The molecule has 2 N–H and O–H groups in total. The molecule has 6 heteroatoms. The number of aromatic nitrogens is 1. The summed E-state index contributed by atoms with van der Waals surface area (Å²) in [4.78, 5) is 28.5. The summed E-state index contributed by atoms with van der Waals surface area (Å²) in [6.45, 7) is 3.60. The van der Waals surface area contributed by atoms with Gasteiger partial charge in [-0.3, -0.25) is 9.59 Å². The van der Waals surface area contributed by atoms with Gasteiger partial charge < -0.3 is 15.4 Å². The first-order valence-electron chi connectivity index (χ1n) is 5.42. The van der Waals surface area contributed by atoms with Crippen molar-refractivity contribution in [3.63, 3.8) is 0 Å². The molecule has 1 rings (SSSR count). The number of esters is 1. The van der Waals surface area contributed by atoms with Gasteiger partial charge in [-0.05, 0) is 25.5 Å². The molecule has 0 spiro atoms. The van der Waals surface area contributed by atoms with Crippen LogP contribution in [0.2, 0.25) is 0 Å². The Balaban J connectivity index is 3.21. The van der Waals surface area contributed by atoms with E-state index < -0.39 is 11.9 Å². The first-order chi connectivity index (χ1) is 8.36. The van der Waals surface area contributed by atoms with Crippen LogP contribution in [0.1, 0.15) is 21.6 Å². The van der Waals surface area contributed by atoms with E-state index in [9.17, 15) is 9.59 Å². The fourth-order valence-corrected chi connectivity index (χ4v) is 1.73. The number of anilines is 1. The summed E-state index contributed by atoms with van der Waals surface area (Å²) in [5.41, 5.74) is 7.16. The second kappa shape index (κ2) is 5.48. The number of ether oxygens (including phenoxy) is 1. The fourth-order valence-electron chi connectivity index (χ4n) is 1.73. The zero-order valence-electron chi connectivity index (χ0n) is 11.0. The second-order valence-electron chi connectivity index (χ2n) is 4.08. The maximum absolute atomic E-state index is 11.5. The highest BCUT2D eigenvalue weighted by molar-refractivity contribution is 5.99. The molecule has 98 valence electrons. The van der Waals surface area contributed by atoms with Crippen molar-refractivity contribution < 1.29 is 14.3 Å². The number of hydrogen-bond donors (Lipinski definition) is 1. The largest absolute Gasteiger partial charge is 0.468 e. The van der Waals surface area contributed by atoms with Gasteiger partial charge in [0.05, 0.1) is 12.7 Å². The maximum atomic E-state index is 11.5. The van der Waals surface area contributed by atoms with E-state index in [-0.39, 0.29) is 6.54 Å². The van der Waals surface area contributed by atoms with E-state index in [0.717, 1.165) is 11.3 Å². The molecule has 0 atom stereocenters. The van der Waals surface area contributed by atoms with Gasteiger partial charge in [0.15, 0.2) is 0 Å². The van der Waals surface area contributed by atoms with Crippen LogP contribution in [-0.2, 0) is 9.53 Å². The van der Waals surface area contributed by atoms with Crippen molar-refractivity contribution >= 4 is 17.7 Å². The van der Waals surface area contributed by atoms with Crippen LogP contribution in [0.5, 0.6) is 0 Å². The quantitative estimate of drug-likeness (QED) is 0.783. The number of rotatable bonds is 4. The van der Waals surface area contributed by atoms with Crippen LogP contribution in [0.4, 0.5) is 5.82 Å². The predicted octanol–water partition coefficient (Wildman–Crippen LogP) is 0.407. The molecule has 0 unspecified atom stereocenters. The zero-order chi connectivity index (χ0) is 13.9. The van der Waals surface area contributed by atoms with Gasteiger partial charge in [0, 0.05) is 12.7 Å². The minimum atomic E-state index is -0.563. The van der Waals surface area contributed by atoms with Crippen LogP contribution >= 0.6 is 0 Å². The Morgan fingerprint density at radius 3 is 2.56 bits per heavy atom. The number of carbonyl (C=O) groups excluding carboxylic acids is 2. The van der Waals surface area contributed by atoms with Crippen molar-refractivity contribution in [3.8, 4) is 0 Å². The standard InChI is InChI=1S/C12H17N3O3/c1-7-5-8(2)14-12(10(7)11(13)17)15(3)6-9(16)18-4/h5H,6H2,1-4H3,(H2,13,17). The first-order valence-corrected chi connectivity index (χ1v) is 5.42. The molecule has 18 heavy (non-hydrogen) atoms. The third-order valence-corrected chi connectivity index (χ3v) is 2.53. The molecule has 0 aliphatic carbocycles. The molecule has 0 aromatic carbocycles. The van der Waals surface area contributed by atoms with Crippen molar-refractivity contribution in [2.24, 2.45) is 5.73 Å². The van der Waals surface area contributed by atoms with E-state index in [1.165, 1.54) is 7.11 Å². The van der Waals surface area contributed by atoms with Gasteiger partial charge in [-0.15, -0.1) is 0 Å². The lowest BCUT2D eigenvalue weighted by atomic mass is 10.1. The number of hydrogen-bond acceptors (Lipinski definition) is 5. The summed E-state index contributed by atoms with van der Waals surface area (Å²) in [7, 11) is 2.96. The molecule has 1 aromatic heterocycles. The van der Waals surface area contributed by atoms with Crippen molar-refractivity contribution in [1.29, 1.82) is 0 Å². The molecule has 0 fully saturated rings. The summed E-state index contributed by atoms with van der Waals surface area (Å²) >= 11 is 0. The topological polar surface area (TPSA) is 85.5 Å². The summed E-state index contributed by atoms with van der Waals surface area (Å²) in [5.74, 6) is -0.578. The molecule has 0 saturated carbocycles. The van der Waals surface area contributed by atoms with Crippen molar-refractivity contribution in [1.82, 2.24) is 4.98 Å². The Kier molecular flexibility index (Phi) is 4.25. The minimum Gasteiger partial charge on any atom is -0.468 e. The average Bonchev–Trinajstić information content (AvgIpc) is 2.26. The van der Waals surface area contributed by atoms with E-state index >= 15 is 0 Å². The van der Waals surface area contributed by atoms with Gasteiger partial charge in [-0.1, -0.05) is 0 Å². The molecule has 0 aliphatic rings. The summed E-state index contributed by atoms with van der Waals surface area (Å²) < 4.78 is 4.58.